The van der Waals surface area contributed by atoms with E-state index in [1.54, 1.807) is 0 Å². The second-order valence-corrected chi connectivity index (χ2v) is 5.92. The summed E-state index contributed by atoms with van der Waals surface area (Å²) in [5, 5.41) is 3.38. The molecule has 0 spiro atoms. The van der Waals surface area contributed by atoms with Gasteiger partial charge in [0.15, 0.2) is 0 Å². The van der Waals surface area contributed by atoms with E-state index >= 15 is 0 Å². The van der Waals surface area contributed by atoms with Gasteiger partial charge in [0, 0.05) is 0 Å². The topological polar surface area (TPSA) is 15.3 Å². The molecule has 1 heterocycles. The number of rotatable bonds is 7. The van der Waals surface area contributed by atoms with Crippen molar-refractivity contribution in [2.75, 3.05) is 32.7 Å². The molecule has 2 heteroatoms. The second kappa shape index (κ2) is 7.29. The van der Waals surface area contributed by atoms with Gasteiger partial charge in [0.1, 0.15) is 0 Å². The summed E-state index contributed by atoms with van der Waals surface area (Å²) in [7, 11) is 0. The van der Waals surface area contributed by atoms with Crippen molar-refractivity contribution in [1.29, 1.82) is 0 Å². The molecule has 96 valence electrons. The molecule has 0 aromatic carbocycles. The fourth-order valence-corrected chi connectivity index (χ4v) is 2.32. The van der Waals surface area contributed by atoms with E-state index in [1.165, 1.54) is 58.3 Å². The van der Waals surface area contributed by atoms with Crippen LogP contribution < -0.4 is 5.32 Å². The highest BCUT2D eigenvalue weighted by Gasteiger charge is 2.24. The average Bonchev–Trinajstić information content (AvgIpc) is 2.25. The van der Waals surface area contributed by atoms with Crippen LogP contribution in [0.2, 0.25) is 0 Å². The standard InChI is InChI=1S/C14H30N2/c1-4-15-10-6-5-7-11-16-12-8-14(2,3)9-13-16/h15H,4-13H2,1-3H3. The molecular formula is C14H30N2. The Morgan fingerprint density at radius 3 is 2.38 bits per heavy atom. The van der Waals surface area contributed by atoms with E-state index in [9.17, 15) is 0 Å². The number of hydrogen-bond acceptors (Lipinski definition) is 2. The number of piperidine rings is 1. The Bertz CT molecular complexity index is 168. The quantitative estimate of drug-likeness (QED) is 0.672. The lowest BCUT2D eigenvalue weighted by molar-refractivity contribution is 0.131. The highest BCUT2D eigenvalue weighted by Crippen LogP contribution is 2.29. The van der Waals surface area contributed by atoms with Crippen molar-refractivity contribution in [2.24, 2.45) is 5.41 Å². The van der Waals surface area contributed by atoms with Gasteiger partial charge in [-0.1, -0.05) is 27.2 Å². The minimum Gasteiger partial charge on any atom is -0.317 e. The summed E-state index contributed by atoms with van der Waals surface area (Å²) >= 11 is 0. The van der Waals surface area contributed by atoms with Crippen molar-refractivity contribution in [1.82, 2.24) is 10.2 Å². The summed E-state index contributed by atoms with van der Waals surface area (Å²) < 4.78 is 0. The fraction of sp³-hybridized carbons (Fsp3) is 1.00. The van der Waals surface area contributed by atoms with Crippen LogP contribution >= 0.6 is 0 Å². The fourth-order valence-electron chi connectivity index (χ4n) is 2.32. The highest BCUT2D eigenvalue weighted by atomic mass is 15.1. The van der Waals surface area contributed by atoms with E-state index in [0.717, 1.165) is 6.54 Å². The van der Waals surface area contributed by atoms with Crippen LogP contribution in [0, 0.1) is 5.41 Å². The van der Waals surface area contributed by atoms with Gasteiger partial charge in [-0.25, -0.2) is 0 Å². The first-order valence-electron chi connectivity index (χ1n) is 7.07. The van der Waals surface area contributed by atoms with Gasteiger partial charge in [0.2, 0.25) is 0 Å². The van der Waals surface area contributed by atoms with Crippen LogP contribution in [-0.2, 0) is 0 Å². The summed E-state index contributed by atoms with van der Waals surface area (Å²) in [6, 6.07) is 0. The lowest BCUT2D eigenvalue weighted by atomic mass is 9.82. The zero-order valence-electron chi connectivity index (χ0n) is 11.5. The minimum absolute atomic E-state index is 0.599. The van der Waals surface area contributed by atoms with Gasteiger partial charge in [-0.3, -0.25) is 0 Å². The Morgan fingerprint density at radius 2 is 1.75 bits per heavy atom. The van der Waals surface area contributed by atoms with Crippen molar-refractivity contribution < 1.29 is 0 Å². The van der Waals surface area contributed by atoms with E-state index < -0.39 is 0 Å². The molecule has 2 nitrogen and oxygen atoms in total. The van der Waals surface area contributed by atoms with Crippen LogP contribution in [0.5, 0.6) is 0 Å². The molecule has 1 N–H and O–H groups in total. The predicted octanol–water partition coefficient (Wildman–Crippen LogP) is 2.89. The van der Waals surface area contributed by atoms with Gasteiger partial charge in [0.25, 0.3) is 0 Å². The molecule has 0 bridgehead atoms. The molecule has 1 aliphatic rings. The number of unbranched alkanes of at least 4 members (excludes halogenated alkanes) is 2. The smallest absolute Gasteiger partial charge is 0.00136 e. The highest BCUT2D eigenvalue weighted by molar-refractivity contribution is 4.78. The van der Waals surface area contributed by atoms with Gasteiger partial charge in [-0.15, -0.1) is 0 Å². The molecule has 0 amide bonds. The lowest BCUT2D eigenvalue weighted by Crippen LogP contribution is -2.37. The Kier molecular flexibility index (Phi) is 6.37. The number of hydrogen-bond donors (Lipinski definition) is 1. The number of nitrogens with zero attached hydrogens (tertiary/aromatic N) is 1. The Balaban J connectivity index is 1.94. The van der Waals surface area contributed by atoms with Crippen molar-refractivity contribution in [2.45, 2.75) is 52.9 Å². The molecule has 0 saturated carbocycles. The normalized spacial score (nSPS) is 21.2. The first-order chi connectivity index (χ1) is 7.64. The van der Waals surface area contributed by atoms with Crippen molar-refractivity contribution in [3.63, 3.8) is 0 Å². The van der Waals surface area contributed by atoms with Crippen LogP contribution in [0.15, 0.2) is 0 Å². The minimum atomic E-state index is 0.599. The largest absolute Gasteiger partial charge is 0.317 e. The molecule has 0 unspecified atom stereocenters. The zero-order chi connectivity index (χ0) is 11.9. The van der Waals surface area contributed by atoms with Gasteiger partial charge in [0.05, 0.1) is 0 Å². The molecule has 1 fully saturated rings. The SMILES string of the molecule is CCNCCCCCN1CCC(C)(C)CC1. The number of likely N-dealkylation sites (tertiary alicyclic amines) is 1. The third-order valence-electron chi connectivity index (χ3n) is 3.79. The summed E-state index contributed by atoms with van der Waals surface area (Å²) in [6.07, 6.45) is 6.86. The third-order valence-corrected chi connectivity index (χ3v) is 3.79. The van der Waals surface area contributed by atoms with Gasteiger partial charge >= 0.3 is 0 Å². The molecule has 0 radical (unpaired) electrons. The van der Waals surface area contributed by atoms with Gasteiger partial charge in [-0.05, 0) is 63.8 Å². The van der Waals surface area contributed by atoms with Crippen molar-refractivity contribution in [3.8, 4) is 0 Å². The molecular weight excluding hydrogens is 196 g/mol. The average molecular weight is 226 g/mol. The summed E-state index contributed by atoms with van der Waals surface area (Å²) in [4.78, 5) is 2.65. The molecule has 16 heavy (non-hydrogen) atoms. The van der Waals surface area contributed by atoms with Crippen LogP contribution in [0.4, 0.5) is 0 Å². The Labute approximate surface area is 102 Å². The van der Waals surface area contributed by atoms with E-state index in [0.29, 0.717) is 5.41 Å². The summed E-state index contributed by atoms with van der Waals surface area (Å²) in [5.41, 5.74) is 0.599. The zero-order valence-corrected chi connectivity index (χ0v) is 11.5. The van der Waals surface area contributed by atoms with Crippen LogP contribution in [0.1, 0.15) is 52.9 Å². The molecule has 0 aliphatic carbocycles. The van der Waals surface area contributed by atoms with Crippen LogP contribution in [0.25, 0.3) is 0 Å². The molecule has 0 aromatic rings. The molecule has 0 atom stereocenters. The van der Waals surface area contributed by atoms with Gasteiger partial charge in [-0.2, -0.15) is 0 Å². The molecule has 1 rings (SSSR count). The monoisotopic (exact) mass is 226 g/mol. The Hall–Kier alpha value is -0.0800. The van der Waals surface area contributed by atoms with Gasteiger partial charge < -0.3 is 10.2 Å². The van der Waals surface area contributed by atoms with Crippen molar-refractivity contribution >= 4 is 0 Å². The first kappa shape index (κ1) is 14.0. The maximum atomic E-state index is 3.38. The molecule has 1 aliphatic heterocycles. The van der Waals surface area contributed by atoms with Crippen LogP contribution in [-0.4, -0.2) is 37.6 Å². The number of nitrogens with one attached hydrogen (secondary N) is 1. The first-order valence-corrected chi connectivity index (χ1v) is 7.07. The summed E-state index contributed by atoms with van der Waals surface area (Å²) in [5.74, 6) is 0. The Morgan fingerprint density at radius 1 is 1.06 bits per heavy atom. The second-order valence-electron chi connectivity index (χ2n) is 5.92. The van der Waals surface area contributed by atoms with E-state index in [4.69, 9.17) is 0 Å². The third kappa shape index (κ3) is 5.86. The van der Waals surface area contributed by atoms with Crippen molar-refractivity contribution in [3.05, 3.63) is 0 Å². The lowest BCUT2D eigenvalue weighted by Gasteiger charge is -2.36. The predicted molar refractivity (Wildman–Crippen MR) is 71.8 cm³/mol. The van der Waals surface area contributed by atoms with E-state index in [-0.39, 0.29) is 0 Å². The summed E-state index contributed by atoms with van der Waals surface area (Å²) in [6.45, 7) is 13.3. The molecule has 0 aromatic heterocycles. The van der Waals surface area contributed by atoms with E-state index in [1.807, 2.05) is 0 Å². The molecule has 1 saturated heterocycles. The maximum Gasteiger partial charge on any atom is -0.00136 e. The van der Waals surface area contributed by atoms with Crippen LogP contribution in [0.3, 0.4) is 0 Å². The van der Waals surface area contributed by atoms with E-state index in [2.05, 4.69) is 31.0 Å². The maximum absolute atomic E-state index is 3.38.